The van der Waals surface area contributed by atoms with Crippen LogP contribution in [0, 0.1) is 0 Å². The van der Waals surface area contributed by atoms with Crippen molar-refractivity contribution < 1.29 is 14.9 Å². The van der Waals surface area contributed by atoms with E-state index in [4.69, 9.17) is 15.6 Å². The van der Waals surface area contributed by atoms with Crippen molar-refractivity contribution in [1.82, 2.24) is 14.5 Å². The lowest BCUT2D eigenvalue weighted by Gasteiger charge is -2.06. The van der Waals surface area contributed by atoms with E-state index in [1.807, 2.05) is 41.1 Å². The number of aromatic hydroxyl groups is 1. The topological polar surface area (TPSA) is 106 Å². The van der Waals surface area contributed by atoms with Crippen molar-refractivity contribution in [3.63, 3.8) is 0 Å². The molecule has 0 aliphatic carbocycles. The number of aromatic nitrogens is 3. The van der Waals surface area contributed by atoms with Crippen LogP contribution >= 0.6 is 0 Å². The molecule has 0 saturated heterocycles. The summed E-state index contributed by atoms with van der Waals surface area (Å²) in [6.45, 7) is 0.218. The molecule has 0 fully saturated rings. The standard InChI is InChI=1S/C20H18N4O3/c21-20-19-18(22-12-23-20)17(11-24(19)14-2-1-3-15(26)10-14)13-4-6-16(7-5-13)27-9-8-25/h1-7,10-12,25-26H,8-9H2,(H2,21,22,23). The molecule has 4 aromatic rings. The first-order valence-corrected chi connectivity index (χ1v) is 8.42. The van der Waals surface area contributed by atoms with Crippen LogP contribution < -0.4 is 10.5 Å². The van der Waals surface area contributed by atoms with Gasteiger partial charge in [0.05, 0.1) is 6.61 Å². The molecule has 0 radical (unpaired) electrons. The van der Waals surface area contributed by atoms with Gasteiger partial charge in [-0.2, -0.15) is 0 Å². The van der Waals surface area contributed by atoms with E-state index >= 15 is 0 Å². The van der Waals surface area contributed by atoms with Crippen LogP contribution in [0.2, 0.25) is 0 Å². The van der Waals surface area contributed by atoms with E-state index in [-0.39, 0.29) is 19.0 Å². The second-order valence-corrected chi connectivity index (χ2v) is 5.99. The number of aliphatic hydroxyl groups is 1. The Labute approximate surface area is 155 Å². The minimum atomic E-state index is -0.0324. The number of nitrogens with two attached hydrogens (primary N) is 1. The molecule has 0 spiro atoms. The van der Waals surface area contributed by atoms with Crippen LogP contribution in [-0.2, 0) is 0 Å². The number of hydrogen-bond donors (Lipinski definition) is 3. The Morgan fingerprint density at radius 2 is 1.89 bits per heavy atom. The van der Waals surface area contributed by atoms with E-state index in [2.05, 4.69) is 9.97 Å². The molecule has 2 aromatic heterocycles. The Hall–Kier alpha value is -3.58. The fraction of sp³-hybridized carbons (Fsp3) is 0.100. The summed E-state index contributed by atoms with van der Waals surface area (Å²) < 4.78 is 7.28. The van der Waals surface area contributed by atoms with Crippen LogP contribution in [0.3, 0.4) is 0 Å². The van der Waals surface area contributed by atoms with E-state index < -0.39 is 0 Å². The van der Waals surface area contributed by atoms with E-state index in [1.165, 1.54) is 6.33 Å². The van der Waals surface area contributed by atoms with Gasteiger partial charge in [-0.05, 0) is 29.8 Å². The van der Waals surface area contributed by atoms with Crippen LogP contribution in [0.4, 0.5) is 5.82 Å². The first-order valence-electron chi connectivity index (χ1n) is 8.42. The summed E-state index contributed by atoms with van der Waals surface area (Å²) >= 11 is 0. The summed E-state index contributed by atoms with van der Waals surface area (Å²) in [5.74, 6) is 1.20. The average Bonchev–Trinajstić information content (AvgIpc) is 3.08. The minimum absolute atomic E-state index is 0.0324. The Kier molecular flexibility index (Phi) is 4.35. The smallest absolute Gasteiger partial charge is 0.151 e. The molecule has 27 heavy (non-hydrogen) atoms. The predicted octanol–water partition coefficient (Wildman–Crippen LogP) is 2.75. The summed E-state index contributed by atoms with van der Waals surface area (Å²) in [6, 6.07) is 14.4. The molecule has 136 valence electrons. The number of nitrogen functional groups attached to an aromatic ring is 1. The third kappa shape index (κ3) is 3.16. The van der Waals surface area contributed by atoms with Crippen LogP contribution in [-0.4, -0.2) is 38.0 Å². The molecule has 2 heterocycles. The molecular weight excluding hydrogens is 344 g/mol. The summed E-state index contributed by atoms with van der Waals surface area (Å²) in [6.07, 6.45) is 3.36. The Morgan fingerprint density at radius 1 is 1.07 bits per heavy atom. The van der Waals surface area contributed by atoms with Crippen molar-refractivity contribution in [2.24, 2.45) is 0 Å². The largest absolute Gasteiger partial charge is 0.508 e. The molecular formula is C20H18N4O3. The van der Waals surface area contributed by atoms with Crippen molar-refractivity contribution in [3.05, 3.63) is 61.1 Å². The highest BCUT2D eigenvalue weighted by molar-refractivity contribution is 5.98. The molecule has 0 saturated carbocycles. The van der Waals surface area contributed by atoms with Crippen LogP contribution in [0.5, 0.6) is 11.5 Å². The van der Waals surface area contributed by atoms with Gasteiger partial charge in [-0.15, -0.1) is 0 Å². The lowest BCUT2D eigenvalue weighted by Crippen LogP contribution is -2.01. The van der Waals surface area contributed by atoms with E-state index in [1.54, 1.807) is 18.2 Å². The number of phenols is 1. The van der Waals surface area contributed by atoms with Gasteiger partial charge < -0.3 is 25.3 Å². The second kappa shape index (κ2) is 6.97. The number of benzene rings is 2. The van der Waals surface area contributed by atoms with Crippen molar-refractivity contribution in [2.75, 3.05) is 18.9 Å². The summed E-state index contributed by atoms with van der Waals surface area (Å²) in [5.41, 5.74) is 10.1. The lowest BCUT2D eigenvalue weighted by molar-refractivity contribution is 0.201. The van der Waals surface area contributed by atoms with E-state index in [0.717, 1.165) is 22.3 Å². The van der Waals surface area contributed by atoms with Gasteiger partial charge in [-0.1, -0.05) is 18.2 Å². The van der Waals surface area contributed by atoms with E-state index in [0.29, 0.717) is 17.1 Å². The number of anilines is 1. The zero-order valence-corrected chi connectivity index (χ0v) is 14.4. The molecule has 4 N–H and O–H groups in total. The maximum Gasteiger partial charge on any atom is 0.151 e. The maximum absolute atomic E-state index is 9.83. The molecule has 0 amide bonds. The highest BCUT2D eigenvalue weighted by atomic mass is 16.5. The third-order valence-electron chi connectivity index (χ3n) is 4.24. The molecule has 7 heteroatoms. The number of aliphatic hydroxyl groups excluding tert-OH is 1. The summed E-state index contributed by atoms with van der Waals surface area (Å²) in [5, 5.41) is 18.7. The van der Waals surface area contributed by atoms with Gasteiger partial charge in [0.2, 0.25) is 0 Å². The predicted molar refractivity (Wildman–Crippen MR) is 103 cm³/mol. The molecule has 0 atom stereocenters. The lowest BCUT2D eigenvalue weighted by atomic mass is 10.1. The first kappa shape index (κ1) is 16.9. The number of phenolic OH excluding ortho intramolecular Hbond substituents is 1. The van der Waals surface area contributed by atoms with Gasteiger partial charge >= 0.3 is 0 Å². The Bertz CT molecular complexity index is 1090. The number of rotatable bonds is 5. The monoisotopic (exact) mass is 362 g/mol. The van der Waals surface area contributed by atoms with Gasteiger partial charge in [-0.3, -0.25) is 0 Å². The maximum atomic E-state index is 9.83. The second-order valence-electron chi connectivity index (χ2n) is 5.99. The Morgan fingerprint density at radius 3 is 2.63 bits per heavy atom. The number of hydrogen-bond acceptors (Lipinski definition) is 6. The zero-order valence-electron chi connectivity index (χ0n) is 14.4. The highest BCUT2D eigenvalue weighted by Gasteiger charge is 2.16. The third-order valence-corrected chi connectivity index (χ3v) is 4.24. The molecule has 7 nitrogen and oxygen atoms in total. The van der Waals surface area contributed by atoms with E-state index in [9.17, 15) is 5.11 Å². The van der Waals surface area contributed by atoms with Crippen molar-refractivity contribution >= 4 is 16.9 Å². The molecule has 4 rings (SSSR count). The average molecular weight is 362 g/mol. The number of ether oxygens (including phenoxy) is 1. The summed E-state index contributed by atoms with van der Waals surface area (Å²) in [4.78, 5) is 8.53. The number of fused-ring (bicyclic) bond motifs is 1. The van der Waals surface area contributed by atoms with Gasteiger partial charge in [-0.25, -0.2) is 9.97 Å². The molecule has 0 unspecified atom stereocenters. The van der Waals surface area contributed by atoms with Gasteiger partial charge in [0.1, 0.15) is 35.5 Å². The van der Waals surface area contributed by atoms with Crippen LogP contribution in [0.15, 0.2) is 61.1 Å². The molecule has 2 aromatic carbocycles. The van der Waals surface area contributed by atoms with Crippen molar-refractivity contribution in [1.29, 1.82) is 0 Å². The Balaban J connectivity index is 1.86. The SMILES string of the molecule is Nc1ncnc2c(-c3ccc(OCCO)cc3)cn(-c3cccc(O)c3)c12. The summed E-state index contributed by atoms with van der Waals surface area (Å²) in [7, 11) is 0. The fourth-order valence-electron chi connectivity index (χ4n) is 3.03. The van der Waals surface area contributed by atoms with Crippen LogP contribution in [0.1, 0.15) is 0 Å². The number of nitrogens with zero attached hydrogens (tertiary/aromatic N) is 3. The van der Waals surface area contributed by atoms with Crippen LogP contribution in [0.25, 0.3) is 27.8 Å². The van der Waals surface area contributed by atoms with Gasteiger partial charge in [0.15, 0.2) is 5.82 Å². The molecule has 0 bridgehead atoms. The molecule has 0 aliphatic heterocycles. The fourth-order valence-corrected chi connectivity index (χ4v) is 3.03. The van der Waals surface area contributed by atoms with Crippen molar-refractivity contribution in [2.45, 2.75) is 0 Å². The van der Waals surface area contributed by atoms with Gasteiger partial charge in [0, 0.05) is 23.5 Å². The van der Waals surface area contributed by atoms with Crippen molar-refractivity contribution in [3.8, 4) is 28.3 Å². The van der Waals surface area contributed by atoms with Gasteiger partial charge in [0.25, 0.3) is 0 Å². The highest BCUT2D eigenvalue weighted by Crippen LogP contribution is 2.34. The normalized spacial score (nSPS) is 11.0. The minimum Gasteiger partial charge on any atom is -0.508 e. The first-order chi connectivity index (χ1) is 13.2. The zero-order chi connectivity index (χ0) is 18.8. The molecule has 0 aliphatic rings. The quantitative estimate of drug-likeness (QED) is 0.504.